The van der Waals surface area contributed by atoms with Crippen LogP contribution >= 0.6 is 0 Å². The molecular weight excluding hydrogens is 406 g/mol. The molecule has 2 N–H and O–H groups in total. The summed E-state index contributed by atoms with van der Waals surface area (Å²) in [4.78, 5) is 23.5. The minimum Gasteiger partial charge on any atom is -0.497 e. The Kier molecular flexibility index (Phi) is 7.85. The number of hydrogen-bond acceptors (Lipinski definition) is 7. The molecule has 0 saturated carbocycles. The Labute approximate surface area is 188 Å². The molecule has 0 aliphatic heterocycles. The van der Waals surface area contributed by atoms with Gasteiger partial charge in [-0.3, -0.25) is 4.79 Å². The summed E-state index contributed by atoms with van der Waals surface area (Å²) in [6, 6.07) is 16.4. The van der Waals surface area contributed by atoms with Crippen LogP contribution < -0.4 is 25.0 Å². The van der Waals surface area contributed by atoms with E-state index in [1.54, 1.807) is 25.3 Å². The van der Waals surface area contributed by atoms with E-state index in [0.29, 0.717) is 23.1 Å². The lowest BCUT2D eigenvalue weighted by Crippen LogP contribution is -2.23. The molecule has 8 nitrogen and oxygen atoms in total. The van der Waals surface area contributed by atoms with Crippen molar-refractivity contribution in [2.45, 2.75) is 20.8 Å². The lowest BCUT2D eigenvalue weighted by atomic mass is 10.2. The van der Waals surface area contributed by atoms with E-state index in [9.17, 15) is 4.79 Å². The van der Waals surface area contributed by atoms with Crippen molar-refractivity contribution in [1.82, 2.24) is 9.97 Å². The molecule has 168 valence electrons. The molecule has 2 aromatic carbocycles. The summed E-state index contributed by atoms with van der Waals surface area (Å²) in [6.07, 6.45) is 0. The van der Waals surface area contributed by atoms with E-state index >= 15 is 0 Å². The highest BCUT2D eigenvalue weighted by Crippen LogP contribution is 2.21. The zero-order valence-corrected chi connectivity index (χ0v) is 18.9. The zero-order valence-electron chi connectivity index (χ0n) is 18.9. The van der Waals surface area contributed by atoms with Crippen molar-refractivity contribution < 1.29 is 14.3 Å². The van der Waals surface area contributed by atoms with Crippen LogP contribution in [0.3, 0.4) is 0 Å². The van der Waals surface area contributed by atoms with Gasteiger partial charge in [0, 0.05) is 42.3 Å². The number of aromatic nitrogens is 2. The number of benzene rings is 2. The lowest BCUT2D eigenvalue weighted by molar-refractivity contribution is -0.118. The molecule has 1 heterocycles. The molecule has 0 atom stereocenters. The first-order valence-electron chi connectivity index (χ1n) is 10.5. The molecule has 0 bridgehead atoms. The molecule has 32 heavy (non-hydrogen) atoms. The molecule has 0 fully saturated rings. The number of rotatable bonds is 10. The molecule has 1 amide bonds. The Morgan fingerprint density at radius 3 is 2.34 bits per heavy atom. The molecule has 8 heteroatoms. The number of anilines is 4. The third-order valence-electron chi connectivity index (χ3n) is 4.76. The molecule has 0 spiro atoms. The van der Waals surface area contributed by atoms with Gasteiger partial charge in [-0.25, -0.2) is 4.98 Å². The molecule has 0 aliphatic rings. The Morgan fingerprint density at radius 1 is 0.969 bits per heavy atom. The van der Waals surface area contributed by atoms with Gasteiger partial charge in [0.25, 0.3) is 5.91 Å². The van der Waals surface area contributed by atoms with E-state index < -0.39 is 0 Å². The van der Waals surface area contributed by atoms with E-state index in [0.717, 1.165) is 30.3 Å². The van der Waals surface area contributed by atoms with Crippen molar-refractivity contribution in [1.29, 1.82) is 0 Å². The highest BCUT2D eigenvalue weighted by molar-refractivity contribution is 5.92. The van der Waals surface area contributed by atoms with Gasteiger partial charge in [0.2, 0.25) is 5.95 Å². The highest BCUT2D eigenvalue weighted by atomic mass is 16.5. The van der Waals surface area contributed by atoms with Crippen molar-refractivity contribution in [3.8, 4) is 11.5 Å². The van der Waals surface area contributed by atoms with Crippen LogP contribution in [0.1, 0.15) is 19.5 Å². The minimum atomic E-state index is -0.251. The molecule has 0 unspecified atom stereocenters. The fourth-order valence-electron chi connectivity index (χ4n) is 3.12. The molecule has 3 rings (SSSR count). The van der Waals surface area contributed by atoms with Crippen molar-refractivity contribution >= 4 is 29.0 Å². The third-order valence-corrected chi connectivity index (χ3v) is 4.76. The maximum atomic E-state index is 12.2. The number of amides is 1. The van der Waals surface area contributed by atoms with Gasteiger partial charge in [0.1, 0.15) is 17.3 Å². The van der Waals surface area contributed by atoms with Crippen molar-refractivity contribution in [3.63, 3.8) is 0 Å². The first kappa shape index (κ1) is 22.9. The van der Waals surface area contributed by atoms with Crippen molar-refractivity contribution in [3.05, 3.63) is 60.3 Å². The number of aryl methyl sites for hydroxylation is 1. The summed E-state index contributed by atoms with van der Waals surface area (Å²) in [6.45, 7) is 7.81. The first-order valence-corrected chi connectivity index (χ1v) is 10.5. The summed E-state index contributed by atoms with van der Waals surface area (Å²) < 4.78 is 10.7. The summed E-state index contributed by atoms with van der Waals surface area (Å²) in [5.41, 5.74) is 2.39. The number of ether oxygens (including phenoxy) is 2. The summed E-state index contributed by atoms with van der Waals surface area (Å²) in [5.74, 6) is 2.42. The van der Waals surface area contributed by atoms with E-state index in [1.165, 1.54) is 0 Å². The Balaban J connectivity index is 1.57. The van der Waals surface area contributed by atoms with Crippen molar-refractivity contribution in [2.24, 2.45) is 0 Å². The van der Waals surface area contributed by atoms with Crippen molar-refractivity contribution in [2.75, 3.05) is 42.3 Å². The molecule has 0 aliphatic carbocycles. The Morgan fingerprint density at radius 2 is 1.66 bits per heavy atom. The van der Waals surface area contributed by atoms with Gasteiger partial charge in [0.05, 0.1) is 7.11 Å². The standard InChI is InChI=1S/C24H29N5O3/c1-5-29(6-2)22-14-17(3)25-24(28-22)27-19-12-10-18(11-13-19)26-23(30)16-32-21-9-7-8-20(15-21)31-4/h7-15H,5-6,16H2,1-4H3,(H,26,30)(H,25,27,28). The van der Waals surface area contributed by atoms with E-state index in [-0.39, 0.29) is 12.5 Å². The Hall–Kier alpha value is -3.81. The van der Waals surface area contributed by atoms with Crippen LogP contribution in [0.4, 0.5) is 23.1 Å². The maximum Gasteiger partial charge on any atom is 0.262 e. The number of hydrogen-bond donors (Lipinski definition) is 2. The largest absolute Gasteiger partial charge is 0.497 e. The fraction of sp³-hybridized carbons (Fsp3) is 0.292. The van der Waals surface area contributed by atoms with Crippen LogP contribution in [0.5, 0.6) is 11.5 Å². The van der Waals surface area contributed by atoms with E-state index in [2.05, 4.69) is 39.3 Å². The van der Waals surface area contributed by atoms with Gasteiger partial charge in [-0.05, 0) is 57.2 Å². The highest BCUT2D eigenvalue weighted by Gasteiger charge is 2.09. The molecule has 3 aromatic rings. The van der Waals surface area contributed by atoms with Gasteiger partial charge < -0.3 is 25.0 Å². The second-order valence-corrected chi connectivity index (χ2v) is 7.08. The average Bonchev–Trinajstić information content (AvgIpc) is 2.80. The quantitative estimate of drug-likeness (QED) is 0.488. The van der Waals surface area contributed by atoms with Crippen LogP contribution in [0.2, 0.25) is 0 Å². The van der Waals surface area contributed by atoms with Crippen LogP contribution in [0.25, 0.3) is 0 Å². The molecule has 0 saturated heterocycles. The average molecular weight is 436 g/mol. The summed E-state index contributed by atoms with van der Waals surface area (Å²) >= 11 is 0. The third kappa shape index (κ3) is 6.34. The van der Waals surface area contributed by atoms with Crippen LogP contribution in [-0.2, 0) is 4.79 Å². The SMILES string of the molecule is CCN(CC)c1cc(C)nc(Nc2ccc(NC(=O)COc3cccc(OC)c3)cc2)n1. The topological polar surface area (TPSA) is 88.6 Å². The van der Waals surface area contributed by atoms with Gasteiger partial charge in [-0.2, -0.15) is 4.98 Å². The number of carbonyl (C=O) groups is 1. The predicted octanol–water partition coefficient (Wildman–Crippen LogP) is 4.40. The Bertz CT molecular complexity index is 1040. The number of nitrogens with one attached hydrogen (secondary N) is 2. The zero-order chi connectivity index (χ0) is 22.9. The predicted molar refractivity (Wildman–Crippen MR) is 127 cm³/mol. The maximum absolute atomic E-state index is 12.2. The van der Waals surface area contributed by atoms with Gasteiger partial charge in [-0.1, -0.05) is 6.07 Å². The van der Waals surface area contributed by atoms with Gasteiger partial charge >= 0.3 is 0 Å². The number of methoxy groups -OCH3 is 1. The van der Waals surface area contributed by atoms with Crippen LogP contribution in [-0.4, -0.2) is 42.7 Å². The van der Waals surface area contributed by atoms with Crippen LogP contribution in [0, 0.1) is 6.92 Å². The van der Waals surface area contributed by atoms with Gasteiger partial charge in [-0.15, -0.1) is 0 Å². The first-order chi connectivity index (χ1) is 15.5. The smallest absolute Gasteiger partial charge is 0.262 e. The number of carbonyl (C=O) groups excluding carboxylic acids is 1. The minimum absolute atomic E-state index is 0.0988. The second kappa shape index (κ2) is 11.0. The second-order valence-electron chi connectivity index (χ2n) is 7.08. The molecule has 0 radical (unpaired) electrons. The summed E-state index contributed by atoms with van der Waals surface area (Å²) in [5, 5.41) is 6.05. The molecule has 1 aromatic heterocycles. The monoisotopic (exact) mass is 435 g/mol. The lowest BCUT2D eigenvalue weighted by Gasteiger charge is -2.20. The fourth-order valence-corrected chi connectivity index (χ4v) is 3.12. The molecular formula is C24H29N5O3. The van der Waals surface area contributed by atoms with E-state index in [1.807, 2.05) is 43.3 Å². The normalized spacial score (nSPS) is 10.4. The van der Waals surface area contributed by atoms with Gasteiger partial charge in [0.15, 0.2) is 6.61 Å². The summed E-state index contributed by atoms with van der Waals surface area (Å²) in [7, 11) is 1.58. The number of nitrogens with zero attached hydrogens (tertiary/aromatic N) is 3. The van der Waals surface area contributed by atoms with Crippen LogP contribution in [0.15, 0.2) is 54.6 Å². The van der Waals surface area contributed by atoms with E-state index in [4.69, 9.17) is 9.47 Å².